The molecule has 2 rings (SSSR count). The molecule has 2 aliphatic carbocycles. The van der Waals surface area contributed by atoms with Crippen LogP contribution >= 0.6 is 0 Å². The van der Waals surface area contributed by atoms with Crippen LogP contribution < -0.4 is 0 Å². The molecule has 0 aromatic carbocycles. The highest BCUT2D eigenvalue weighted by molar-refractivity contribution is 5.18. The molecular formula is C16H28O. The zero-order valence-electron chi connectivity index (χ0n) is 12.1. The van der Waals surface area contributed by atoms with Crippen LogP contribution in [0, 0.1) is 28.6 Å². The molecule has 17 heavy (non-hydrogen) atoms. The summed E-state index contributed by atoms with van der Waals surface area (Å²) < 4.78 is 0. The Morgan fingerprint density at radius 3 is 2.35 bits per heavy atom. The SMILES string of the molecule is C=C1[C@@H](O)C[C@@]2(C)C(CC[C@H]2C)C(C)(C)[C@H]1C. The summed E-state index contributed by atoms with van der Waals surface area (Å²) in [6.45, 7) is 15.9. The van der Waals surface area contributed by atoms with Crippen LogP contribution in [0.5, 0.6) is 0 Å². The summed E-state index contributed by atoms with van der Waals surface area (Å²) in [5.74, 6) is 1.85. The van der Waals surface area contributed by atoms with Crippen LogP contribution in [-0.4, -0.2) is 11.2 Å². The number of fused-ring (bicyclic) bond motifs is 1. The summed E-state index contributed by atoms with van der Waals surface area (Å²) in [5.41, 5.74) is 1.60. The molecule has 0 radical (unpaired) electrons. The lowest BCUT2D eigenvalue weighted by molar-refractivity contribution is 0.0321. The number of aliphatic hydroxyl groups excluding tert-OH is 1. The molecule has 0 saturated heterocycles. The molecule has 0 bridgehead atoms. The Labute approximate surface area is 106 Å². The largest absolute Gasteiger partial charge is 0.389 e. The summed E-state index contributed by atoms with van der Waals surface area (Å²) in [6.07, 6.45) is 3.23. The average molecular weight is 236 g/mol. The second kappa shape index (κ2) is 3.85. The van der Waals surface area contributed by atoms with E-state index in [1.54, 1.807) is 0 Å². The minimum atomic E-state index is -0.306. The third-order valence-electron chi connectivity index (χ3n) is 6.44. The van der Waals surface area contributed by atoms with E-state index in [0.717, 1.165) is 17.9 Å². The number of hydrogen-bond acceptors (Lipinski definition) is 1. The van der Waals surface area contributed by atoms with Crippen LogP contribution in [0.1, 0.15) is 53.9 Å². The molecule has 2 saturated carbocycles. The Balaban J connectivity index is 2.47. The predicted octanol–water partition coefficient (Wildman–Crippen LogP) is 4.02. The highest BCUT2D eigenvalue weighted by Gasteiger charge is 2.55. The number of hydrogen-bond donors (Lipinski definition) is 1. The van der Waals surface area contributed by atoms with Crippen LogP contribution in [0.4, 0.5) is 0 Å². The summed E-state index contributed by atoms with van der Waals surface area (Å²) in [6, 6.07) is 0. The Bertz CT molecular complexity index is 330. The van der Waals surface area contributed by atoms with Crippen molar-refractivity contribution < 1.29 is 5.11 Å². The van der Waals surface area contributed by atoms with E-state index in [1.807, 2.05) is 0 Å². The first kappa shape index (κ1) is 13.1. The van der Waals surface area contributed by atoms with Gasteiger partial charge < -0.3 is 5.11 Å². The van der Waals surface area contributed by atoms with E-state index in [9.17, 15) is 5.11 Å². The summed E-state index contributed by atoms with van der Waals surface area (Å²) >= 11 is 0. The molecule has 2 fully saturated rings. The molecule has 5 atom stereocenters. The molecular weight excluding hydrogens is 208 g/mol. The molecule has 0 aromatic rings. The van der Waals surface area contributed by atoms with Gasteiger partial charge in [-0.05, 0) is 53.4 Å². The molecule has 1 unspecified atom stereocenters. The lowest BCUT2D eigenvalue weighted by Crippen LogP contribution is -2.38. The normalized spacial score (nSPS) is 49.9. The van der Waals surface area contributed by atoms with E-state index in [-0.39, 0.29) is 16.9 Å². The maximum atomic E-state index is 10.4. The van der Waals surface area contributed by atoms with Gasteiger partial charge in [-0.2, -0.15) is 0 Å². The molecule has 0 spiro atoms. The highest BCUT2D eigenvalue weighted by Crippen LogP contribution is 2.62. The van der Waals surface area contributed by atoms with Gasteiger partial charge in [0.25, 0.3) is 0 Å². The van der Waals surface area contributed by atoms with E-state index >= 15 is 0 Å². The van der Waals surface area contributed by atoms with Crippen LogP contribution in [0.15, 0.2) is 12.2 Å². The Morgan fingerprint density at radius 1 is 1.18 bits per heavy atom. The third kappa shape index (κ3) is 1.69. The zero-order valence-corrected chi connectivity index (χ0v) is 12.1. The van der Waals surface area contributed by atoms with Gasteiger partial charge in [-0.3, -0.25) is 0 Å². The standard InChI is InChI=1S/C16H28O/c1-10-7-8-14-15(4,5)12(3)11(2)13(17)9-16(10,14)6/h10,12-14,17H,2,7-9H2,1,3-6H3/t10-,12+,13+,14?,16-/m1/s1. The fourth-order valence-electron chi connectivity index (χ4n) is 4.60. The molecule has 0 amide bonds. The van der Waals surface area contributed by atoms with Crippen LogP contribution in [0.3, 0.4) is 0 Å². The van der Waals surface area contributed by atoms with Crippen molar-refractivity contribution in [3.05, 3.63) is 12.2 Å². The predicted molar refractivity (Wildman–Crippen MR) is 72.7 cm³/mol. The minimum absolute atomic E-state index is 0.258. The second-order valence-corrected chi connectivity index (χ2v) is 7.37. The number of rotatable bonds is 0. The van der Waals surface area contributed by atoms with E-state index in [2.05, 4.69) is 41.2 Å². The van der Waals surface area contributed by atoms with Crippen molar-refractivity contribution in [3.8, 4) is 0 Å². The minimum Gasteiger partial charge on any atom is -0.389 e. The van der Waals surface area contributed by atoms with Crippen molar-refractivity contribution in [1.29, 1.82) is 0 Å². The Morgan fingerprint density at radius 2 is 1.76 bits per heavy atom. The van der Waals surface area contributed by atoms with Crippen molar-refractivity contribution in [1.82, 2.24) is 0 Å². The van der Waals surface area contributed by atoms with Crippen molar-refractivity contribution in [2.45, 2.75) is 60.0 Å². The first-order chi connectivity index (χ1) is 7.71. The van der Waals surface area contributed by atoms with Crippen molar-refractivity contribution in [3.63, 3.8) is 0 Å². The van der Waals surface area contributed by atoms with Crippen molar-refractivity contribution in [2.75, 3.05) is 0 Å². The highest BCUT2D eigenvalue weighted by atomic mass is 16.3. The fourth-order valence-corrected chi connectivity index (χ4v) is 4.60. The summed E-state index contributed by atoms with van der Waals surface area (Å²) in [7, 11) is 0. The topological polar surface area (TPSA) is 20.2 Å². The van der Waals surface area contributed by atoms with Gasteiger partial charge in [0.15, 0.2) is 0 Å². The molecule has 1 nitrogen and oxygen atoms in total. The number of aliphatic hydroxyl groups is 1. The molecule has 2 aliphatic rings. The van der Waals surface area contributed by atoms with Crippen LogP contribution in [0.25, 0.3) is 0 Å². The van der Waals surface area contributed by atoms with Gasteiger partial charge in [0.2, 0.25) is 0 Å². The van der Waals surface area contributed by atoms with E-state index in [1.165, 1.54) is 12.8 Å². The smallest absolute Gasteiger partial charge is 0.0755 e. The van der Waals surface area contributed by atoms with Gasteiger partial charge in [0, 0.05) is 0 Å². The summed E-state index contributed by atoms with van der Waals surface area (Å²) in [5, 5.41) is 10.4. The van der Waals surface area contributed by atoms with Crippen molar-refractivity contribution >= 4 is 0 Å². The van der Waals surface area contributed by atoms with Gasteiger partial charge in [0.05, 0.1) is 6.10 Å². The van der Waals surface area contributed by atoms with Gasteiger partial charge in [-0.25, -0.2) is 0 Å². The Kier molecular flexibility index (Phi) is 2.97. The Hall–Kier alpha value is -0.300. The first-order valence-electron chi connectivity index (χ1n) is 7.08. The van der Waals surface area contributed by atoms with Gasteiger partial charge in [-0.1, -0.05) is 41.2 Å². The average Bonchev–Trinajstić information content (AvgIpc) is 2.51. The van der Waals surface area contributed by atoms with Crippen LogP contribution in [0.2, 0.25) is 0 Å². The maximum Gasteiger partial charge on any atom is 0.0755 e. The van der Waals surface area contributed by atoms with Gasteiger partial charge in [0.1, 0.15) is 0 Å². The van der Waals surface area contributed by atoms with E-state index in [4.69, 9.17) is 0 Å². The van der Waals surface area contributed by atoms with Gasteiger partial charge in [-0.15, -0.1) is 0 Å². The van der Waals surface area contributed by atoms with Gasteiger partial charge >= 0.3 is 0 Å². The fraction of sp³-hybridized carbons (Fsp3) is 0.875. The molecule has 0 heterocycles. The molecule has 0 aromatic heterocycles. The lowest BCUT2D eigenvalue weighted by Gasteiger charge is -2.44. The zero-order chi connectivity index (χ0) is 13.0. The monoisotopic (exact) mass is 236 g/mol. The second-order valence-electron chi connectivity index (χ2n) is 7.37. The molecule has 98 valence electrons. The lowest BCUT2D eigenvalue weighted by atomic mass is 9.60. The van der Waals surface area contributed by atoms with Crippen LogP contribution in [-0.2, 0) is 0 Å². The van der Waals surface area contributed by atoms with Crippen molar-refractivity contribution in [2.24, 2.45) is 28.6 Å². The molecule has 0 aliphatic heterocycles. The molecule has 1 heteroatoms. The first-order valence-corrected chi connectivity index (χ1v) is 7.08. The maximum absolute atomic E-state index is 10.4. The van der Waals surface area contributed by atoms with E-state index in [0.29, 0.717) is 11.8 Å². The quantitative estimate of drug-likeness (QED) is 0.630. The third-order valence-corrected chi connectivity index (χ3v) is 6.44. The molecule has 1 N–H and O–H groups in total. The van der Waals surface area contributed by atoms with E-state index < -0.39 is 0 Å². The summed E-state index contributed by atoms with van der Waals surface area (Å²) in [4.78, 5) is 0.